The second-order valence-corrected chi connectivity index (χ2v) is 5.24. The largest absolute Gasteiger partial charge is 0.481 e. The van der Waals surface area contributed by atoms with E-state index in [2.05, 4.69) is 0 Å². The molecular weight excluding hydrogens is 234 g/mol. The molecule has 0 aromatic rings. The van der Waals surface area contributed by atoms with Crippen LogP contribution in [-0.4, -0.2) is 59.6 Å². The Morgan fingerprint density at radius 3 is 2.50 bits per heavy atom. The highest BCUT2D eigenvalue weighted by Crippen LogP contribution is 2.21. The lowest BCUT2D eigenvalue weighted by Gasteiger charge is -2.33. The molecule has 2 heterocycles. The zero-order chi connectivity index (χ0) is 13.1. The number of nitrogens with zero attached hydrogens (tertiary/aromatic N) is 2. The van der Waals surface area contributed by atoms with Crippen LogP contribution in [0.25, 0.3) is 0 Å². The maximum Gasteiger partial charge on any atom is 0.320 e. The third-order valence-electron chi connectivity index (χ3n) is 3.93. The summed E-state index contributed by atoms with van der Waals surface area (Å²) in [6, 6.07) is -0.0168. The van der Waals surface area contributed by atoms with Gasteiger partial charge in [0.25, 0.3) is 0 Å². The van der Waals surface area contributed by atoms with E-state index in [1.54, 1.807) is 4.90 Å². The fourth-order valence-corrected chi connectivity index (χ4v) is 2.75. The molecule has 0 aliphatic carbocycles. The predicted octanol–water partition coefficient (Wildman–Crippen LogP) is 0.184. The monoisotopic (exact) mass is 255 g/mol. The number of piperidine rings is 1. The van der Waals surface area contributed by atoms with Crippen molar-refractivity contribution in [3.8, 4) is 0 Å². The lowest BCUT2D eigenvalue weighted by atomic mass is 9.99. The van der Waals surface area contributed by atoms with Crippen LogP contribution in [0.4, 0.5) is 4.79 Å². The highest BCUT2D eigenvalue weighted by Gasteiger charge is 2.33. The molecule has 2 atom stereocenters. The lowest BCUT2D eigenvalue weighted by molar-refractivity contribution is -0.143. The van der Waals surface area contributed by atoms with Gasteiger partial charge < -0.3 is 20.6 Å². The number of carbonyl (C=O) groups excluding carboxylic acids is 1. The minimum absolute atomic E-state index is 0.0168. The first-order valence-corrected chi connectivity index (χ1v) is 6.58. The second kappa shape index (κ2) is 5.56. The Hall–Kier alpha value is -1.30. The number of aliphatic carboxylic acids is 1. The molecule has 2 rings (SSSR count). The summed E-state index contributed by atoms with van der Waals surface area (Å²) in [4.78, 5) is 26.7. The molecular formula is C12H21N3O3. The van der Waals surface area contributed by atoms with Crippen molar-refractivity contribution in [3.63, 3.8) is 0 Å². The van der Waals surface area contributed by atoms with E-state index in [9.17, 15) is 9.59 Å². The molecule has 0 aromatic carbocycles. The van der Waals surface area contributed by atoms with Crippen LogP contribution >= 0.6 is 0 Å². The van der Waals surface area contributed by atoms with Gasteiger partial charge in [0.1, 0.15) is 0 Å². The van der Waals surface area contributed by atoms with Crippen molar-refractivity contribution in [2.24, 2.45) is 17.6 Å². The number of amides is 2. The molecule has 0 aromatic heterocycles. The zero-order valence-electron chi connectivity index (χ0n) is 10.5. The van der Waals surface area contributed by atoms with Gasteiger partial charge in [-0.05, 0) is 31.7 Å². The second-order valence-electron chi connectivity index (χ2n) is 5.24. The number of hydrogen-bond acceptors (Lipinski definition) is 3. The molecule has 102 valence electrons. The van der Waals surface area contributed by atoms with E-state index in [0.717, 1.165) is 19.4 Å². The Kier molecular flexibility index (Phi) is 4.06. The average Bonchev–Trinajstić information content (AvgIpc) is 2.86. The summed E-state index contributed by atoms with van der Waals surface area (Å²) in [6.07, 6.45) is 2.40. The third-order valence-corrected chi connectivity index (χ3v) is 3.93. The summed E-state index contributed by atoms with van der Waals surface area (Å²) in [5.41, 5.74) is 5.61. The molecule has 0 radical (unpaired) electrons. The van der Waals surface area contributed by atoms with Crippen LogP contribution in [0, 0.1) is 11.8 Å². The maximum absolute atomic E-state index is 12.2. The Bertz CT molecular complexity index is 335. The predicted molar refractivity (Wildman–Crippen MR) is 66.1 cm³/mol. The van der Waals surface area contributed by atoms with Gasteiger partial charge in [-0.15, -0.1) is 0 Å². The summed E-state index contributed by atoms with van der Waals surface area (Å²) in [5.74, 6) is -0.807. The summed E-state index contributed by atoms with van der Waals surface area (Å²) in [7, 11) is 0. The zero-order valence-corrected chi connectivity index (χ0v) is 10.5. The van der Waals surface area contributed by atoms with Gasteiger partial charge >= 0.3 is 12.0 Å². The molecule has 18 heavy (non-hydrogen) atoms. The normalized spacial score (nSPS) is 28.5. The van der Waals surface area contributed by atoms with E-state index in [-0.39, 0.29) is 6.03 Å². The molecule has 6 nitrogen and oxygen atoms in total. The molecule has 2 amide bonds. The quantitative estimate of drug-likeness (QED) is 0.737. The third kappa shape index (κ3) is 2.75. The standard InChI is InChI=1S/C12H21N3O3/c13-6-9-3-5-15(7-9)12(18)14-4-1-2-10(8-14)11(16)17/h9-10H,1-8,13H2,(H,16,17). The highest BCUT2D eigenvalue weighted by molar-refractivity contribution is 5.77. The van der Waals surface area contributed by atoms with E-state index in [1.165, 1.54) is 0 Å². The van der Waals surface area contributed by atoms with Crippen LogP contribution in [0.5, 0.6) is 0 Å². The lowest BCUT2D eigenvalue weighted by Crippen LogP contribution is -2.48. The number of likely N-dealkylation sites (tertiary alicyclic amines) is 2. The van der Waals surface area contributed by atoms with Crippen LogP contribution in [0.2, 0.25) is 0 Å². The molecule has 0 spiro atoms. The smallest absolute Gasteiger partial charge is 0.320 e. The van der Waals surface area contributed by atoms with E-state index in [0.29, 0.717) is 38.5 Å². The summed E-state index contributed by atoms with van der Waals surface area (Å²) in [5, 5.41) is 9.02. The number of carbonyl (C=O) groups is 2. The van der Waals surface area contributed by atoms with Crippen molar-refractivity contribution in [2.45, 2.75) is 19.3 Å². The van der Waals surface area contributed by atoms with E-state index in [1.807, 2.05) is 4.90 Å². The Morgan fingerprint density at radius 2 is 1.89 bits per heavy atom. The molecule has 2 fully saturated rings. The van der Waals surface area contributed by atoms with Gasteiger partial charge in [-0.3, -0.25) is 4.79 Å². The number of hydrogen-bond donors (Lipinski definition) is 2. The van der Waals surface area contributed by atoms with Gasteiger partial charge in [-0.2, -0.15) is 0 Å². The molecule has 0 saturated carbocycles. The van der Waals surface area contributed by atoms with Crippen molar-refractivity contribution in [1.29, 1.82) is 0 Å². The van der Waals surface area contributed by atoms with E-state index in [4.69, 9.17) is 10.8 Å². The fourth-order valence-electron chi connectivity index (χ4n) is 2.75. The number of urea groups is 1. The van der Waals surface area contributed by atoms with E-state index >= 15 is 0 Å². The van der Waals surface area contributed by atoms with Crippen molar-refractivity contribution in [3.05, 3.63) is 0 Å². The molecule has 6 heteroatoms. The topological polar surface area (TPSA) is 86.9 Å². The fraction of sp³-hybridized carbons (Fsp3) is 0.833. The van der Waals surface area contributed by atoms with Crippen LogP contribution in [0.3, 0.4) is 0 Å². The van der Waals surface area contributed by atoms with Crippen molar-refractivity contribution in [2.75, 3.05) is 32.7 Å². The SMILES string of the molecule is NCC1CCN(C(=O)N2CCCC(C(=O)O)C2)C1. The van der Waals surface area contributed by atoms with Crippen LogP contribution < -0.4 is 5.73 Å². The highest BCUT2D eigenvalue weighted by atomic mass is 16.4. The first-order chi connectivity index (χ1) is 8.61. The molecule has 2 aliphatic rings. The number of rotatable bonds is 2. The van der Waals surface area contributed by atoms with Crippen LogP contribution in [-0.2, 0) is 4.79 Å². The Morgan fingerprint density at radius 1 is 1.17 bits per heavy atom. The molecule has 2 aliphatic heterocycles. The Labute approximate surface area is 107 Å². The molecule has 2 saturated heterocycles. The maximum atomic E-state index is 12.2. The Balaban J connectivity index is 1.91. The van der Waals surface area contributed by atoms with Crippen molar-refractivity contribution in [1.82, 2.24) is 9.80 Å². The van der Waals surface area contributed by atoms with Crippen LogP contribution in [0.1, 0.15) is 19.3 Å². The minimum Gasteiger partial charge on any atom is -0.481 e. The minimum atomic E-state index is -0.797. The number of carboxylic acid groups (broad SMARTS) is 1. The van der Waals surface area contributed by atoms with Crippen molar-refractivity contribution < 1.29 is 14.7 Å². The first-order valence-electron chi connectivity index (χ1n) is 6.58. The number of carboxylic acids is 1. The van der Waals surface area contributed by atoms with Gasteiger partial charge in [0.15, 0.2) is 0 Å². The molecule has 2 unspecified atom stereocenters. The molecule has 0 bridgehead atoms. The first kappa shape index (κ1) is 13.1. The van der Waals surface area contributed by atoms with Gasteiger partial charge in [-0.1, -0.05) is 0 Å². The summed E-state index contributed by atoms with van der Waals surface area (Å²) < 4.78 is 0. The van der Waals surface area contributed by atoms with E-state index < -0.39 is 11.9 Å². The molecule has 3 N–H and O–H groups in total. The number of nitrogens with two attached hydrogens (primary N) is 1. The van der Waals surface area contributed by atoms with Crippen LogP contribution in [0.15, 0.2) is 0 Å². The summed E-state index contributed by atoms with van der Waals surface area (Å²) >= 11 is 0. The van der Waals surface area contributed by atoms with Gasteiger partial charge in [0.2, 0.25) is 0 Å². The summed E-state index contributed by atoms with van der Waals surface area (Å²) in [6.45, 7) is 3.09. The average molecular weight is 255 g/mol. The van der Waals surface area contributed by atoms with Gasteiger partial charge in [-0.25, -0.2) is 4.79 Å². The van der Waals surface area contributed by atoms with Gasteiger partial charge in [0.05, 0.1) is 5.92 Å². The van der Waals surface area contributed by atoms with Crippen molar-refractivity contribution >= 4 is 12.0 Å². The van der Waals surface area contributed by atoms with Gasteiger partial charge in [0, 0.05) is 26.2 Å².